The number of aliphatic hydroxyl groups is 1. The van der Waals surface area contributed by atoms with Crippen molar-refractivity contribution in [1.82, 2.24) is 24.8 Å². The molecule has 0 radical (unpaired) electrons. The van der Waals surface area contributed by atoms with Crippen molar-refractivity contribution in [1.29, 1.82) is 0 Å². The van der Waals surface area contributed by atoms with E-state index in [4.69, 9.17) is 4.74 Å². The maximum absolute atomic E-state index is 14.3. The molecule has 0 aliphatic heterocycles. The second kappa shape index (κ2) is 10.2. The summed E-state index contributed by atoms with van der Waals surface area (Å²) in [5, 5.41) is 23.3. The third-order valence-electron chi connectivity index (χ3n) is 6.24. The van der Waals surface area contributed by atoms with E-state index in [1.54, 1.807) is 17.8 Å². The second-order valence-corrected chi connectivity index (χ2v) is 9.06. The highest BCUT2D eigenvalue weighted by atomic mass is 19.3. The Kier molecular flexibility index (Phi) is 6.88. The average molecular weight is 498 g/mol. The number of aliphatic hydroxyl groups excluding tert-OH is 1. The fourth-order valence-electron chi connectivity index (χ4n) is 4.08. The number of nitrogens with zero attached hydrogens (tertiary/aromatic N) is 5. The zero-order chi connectivity index (χ0) is 25.2. The van der Waals surface area contributed by atoms with E-state index in [9.17, 15) is 18.3 Å². The normalized spacial score (nSPS) is 15.4. The Morgan fingerprint density at radius 2 is 1.86 bits per heavy atom. The van der Waals surface area contributed by atoms with Gasteiger partial charge in [-0.15, -0.1) is 5.10 Å². The maximum atomic E-state index is 14.3. The van der Waals surface area contributed by atoms with Gasteiger partial charge in [0.25, 0.3) is 6.43 Å². The molecule has 7 nitrogen and oxygen atoms in total. The van der Waals surface area contributed by atoms with Gasteiger partial charge < -0.3 is 9.84 Å². The van der Waals surface area contributed by atoms with Crippen molar-refractivity contribution in [2.45, 2.75) is 51.6 Å². The fraction of sp³-hybridized carbons (Fsp3) is 0.346. The first-order valence-corrected chi connectivity index (χ1v) is 11.8. The van der Waals surface area contributed by atoms with Crippen molar-refractivity contribution in [3.63, 3.8) is 0 Å². The Morgan fingerprint density at radius 1 is 1.08 bits per heavy atom. The molecule has 10 heteroatoms. The first kappa shape index (κ1) is 24.2. The van der Waals surface area contributed by atoms with E-state index in [-0.39, 0.29) is 18.0 Å². The van der Waals surface area contributed by atoms with E-state index < -0.39 is 30.1 Å². The summed E-state index contributed by atoms with van der Waals surface area (Å²) in [6, 6.07) is 14.6. The van der Waals surface area contributed by atoms with Crippen molar-refractivity contribution < 1.29 is 23.0 Å². The summed E-state index contributed by atoms with van der Waals surface area (Å²) >= 11 is 0. The number of halogens is 3. The highest BCUT2D eigenvalue weighted by molar-refractivity contribution is 5.45. The molecule has 2 aromatic carbocycles. The molecule has 1 fully saturated rings. The lowest BCUT2D eigenvalue weighted by molar-refractivity contribution is 0.0522. The van der Waals surface area contributed by atoms with Crippen LogP contribution in [0, 0.1) is 11.7 Å². The van der Waals surface area contributed by atoms with Gasteiger partial charge in [0.15, 0.2) is 0 Å². The van der Waals surface area contributed by atoms with Crippen LogP contribution in [0.1, 0.15) is 66.6 Å². The van der Waals surface area contributed by atoms with Crippen molar-refractivity contribution in [3.05, 3.63) is 94.8 Å². The Bertz CT molecular complexity index is 1320. The van der Waals surface area contributed by atoms with E-state index >= 15 is 0 Å². The smallest absolute Gasteiger partial charge is 0.282 e. The third-order valence-corrected chi connectivity index (χ3v) is 6.24. The maximum Gasteiger partial charge on any atom is 0.282 e. The van der Waals surface area contributed by atoms with Gasteiger partial charge in [-0.3, -0.25) is 4.68 Å². The highest BCUT2D eigenvalue weighted by Crippen LogP contribution is 2.33. The summed E-state index contributed by atoms with van der Waals surface area (Å²) in [6.07, 6.45) is -0.964. The summed E-state index contributed by atoms with van der Waals surface area (Å²) in [5.74, 6) is 0.0436. The van der Waals surface area contributed by atoms with Gasteiger partial charge in [-0.05, 0) is 55.5 Å². The van der Waals surface area contributed by atoms with Gasteiger partial charge in [0.1, 0.15) is 23.3 Å². The minimum Gasteiger partial charge on any atom is -0.380 e. The van der Waals surface area contributed by atoms with E-state index in [0.29, 0.717) is 23.7 Å². The van der Waals surface area contributed by atoms with Gasteiger partial charge in [0.05, 0.1) is 30.3 Å². The van der Waals surface area contributed by atoms with Crippen LogP contribution in [0.2, 0.25) is 0 Å². The van der Waals surface area contributed by atoms with Crippen LogP contribution in [0.15, 0.2) is 60.8 Å². The lowest BCUT2D eigenvalue weighted by Crippen LogP contribution is -2.13. The van der Waals surface area contributed by atoms with Crippen LogP contribution >= 0.6 is 0 Å². The van der Waals surface area contributed by atoms with Crippen LogP contribution in [0.3, 0.4) is 0 Å². The van der Waals surface area contributed by atoms with Crippen LogP contribution in [-0.4, -0.2) is 29.9 Å². The number of alkyl halides is 2. The SMILES string of the molecule is C[C@@H](OCc1ccccc1)c1cc(F)ccc1-n1nc(C(F)F)cc1C(O)c1cn(CC2CC2)nn1. The topological polar surface area (TPSA) is 78.0 Å². The van der Waals surface area contributed by atoms with E-state index in [2.05, 4.69) is 15.4 Å². The predicted octanol–water partition coefficient (Wildman–Crippen LogP) is 5.31. The van der Waals surface area contributed by atoms with E-state index in [0.717, 1.165) is 24.5 Å². The minimum absolute atomic E-state index is 0.0758. The van der Waals surface area contributed by atoms with Crippen LogP contribution in [0.5, 0.6) is 0 Å². The molecule has 0 amide bonds. The zero-order valence-corrected chi connectivity index (χ0v) is 19.6. The van der Waals surface area contributed by atoms with Gasteiger partial charge in [-0.2, -0.15) is 5.10 Å². The van der Waals surface area contributed by atoms with E-state index in [1.807, 2.05) is 30.3 Å². The molecule has 1 aliphatic carbocycles. The summed E-state index contributed by atoms with van der Waals surface area (Å²) in [7, 11) is 0. The van der Waals surface area contributed by atoms with Gasteiger partial charge in [0, 0.05) is 12.1 Å². The molecule has 188 valence electrons. The van der Waals surface area contributed by atoms with Crippen LogP contribution in [0.4, 0.5) is 13.2 Å². The number of hydrogen-bond acceptors (Lipinski definition) is 5. The monoisotopic (exact) mass is 497 g/mol. The van der Waals surface area contributed by atoms with Gasteiger partial charge in [-0.1, -0.05) is 35.5 Å². The third kappa shape index (κ3) is 5.34. The number of aromatic nitrogens is 5. The molecule has 5 rings (SSSR count). The van der Waals surface area contributed by atoms with Crippen LogP contribution < -0.4 is 0 Å². The Labute approximate surface area is 206 Å². The van der Waals surface area contributed by atoms with Gasteiger partial charge in [-0.25, -0.2) is 17.9 Å². The number of hydrogen-bond donors (Lipinski definition) is 1. The molecule has 0 saturated heterocycles. The van der Waals surface area contributed by atoms with Crippen molar-refractivity contribution in [3.8, 4) is 5.69 Å². The van der Waals surface area contributed by atoms with Crippen molar-refractivity contribution in [2.75, 3.05) is 0 Å². The quantitative estimate of drug-likeness (QED) is 0.321. The molecule has 1 N–H and O–H groups in total. The molecule has 1 aliphatic rings. The van der Waals surface area contributed by atoms with Gasteiger partial charge in [0.2, 0.25) is 0 Å². The molecule has 0 spiro atoms. The Balaban J connectivity index is 1.48. The first-order chi connectivity index (χ1) is 17.4. The minimum atomic E-state index is -2.86. The largest absolute Gasteiger partial charge is 0.380 e. The first-order valence-electron chi connectivity index (χ1n) is 11.8. The van der Waals surface area contributed by atoms with Crippen LogP contribution in [-0.2, 0) is 17.9 Å². The van der Waals surface area contributed by atoms with Crippen molar-refractivity contribution >= 4 is 0 Å². The molecule has 1 unspecified atom stereocenters. The molecule has 0 bridgehead atoms. The molecule has 2 aromatic heterocycles. The van der Waals surface area contributed by atoms with E-state index in [1.165, 1.54) is 22.9 Å². The second-order valence-electron chi connectivity index (χ2n) is 9.06. The molecular formula is C26H26F3N5O2. The summed E-state index contributed by atoms with van der Waals surface area (Å²) in [5.41, 5.74) is 1.44. The number of rotatable bonds is 10. The predicted molar refractivity (Wildman–Crippen MR) is 125 cm³/mol. The summed E-state index contributed by atoms with van der Waals surface area (Å²) < 4.78 is 50.4. The molecule has 4 aromatic rings. The van der Waals surface area contributed by atoms with Crippen molar-refractivity contribution in [2.24, 2.45) is 5.92 Å². The number of benzene rings is 2. The fourth-order valence-corrected chi connectivity index (χ4v) is 4.08. The molecule has 36 heavy (non-hydrogen) atoms. The lowest BCUT2D eigenvalue weighted by Gasteiger charge is -2.20. The molecule has 2 atom stereocenters. The number of ether oxygens (including phenoxy) is 1. The highest BCUT2D eigenvalue weighted by Gasteiger charge is 2.28. The Morgan fingerprint density at radius 3 is 2.58 bits per heavy atom. The summed E-state index contributed by atoms with van der Waals surface area (Å²) in [4.78, 5) is 0. The van der Waals surface area contributed by atoms with Gasteiger partial charge >= 0.3 is 0 Å². The standard InChI is InChI=1S/C26H26F3N5O2/c1-16(36-15-18-5-3-2-4-6-18)20-11-19(27)9-10-23(20)34-24(12-21(31-34)26(28)29)25(35)22-14-33(32-30-22)13-17-7-8-17/h2-6,9-12,14,16-17,25-26,35H,7-8,13,15H2,1H3/t16-,25?/m1/s1. The summed E-state index contributed by atoms with van der Waals surface area (Å²) in [6.45, 7) is 2.72. The van der Waals surface area contributed by atoms with Crippen LogP contribution in [0.25, 0.3) is 5.69 Å². The Hall–Kier alpha value is -3.50. The molecule has 1 saturated carbocycles. The lowest BCUT2D eigenvalue weighted by atomic mass is 10.1. The zero-order valence-electron chi connectivity index (χ0n) is 19.6. The molecular weight excluding hydrogens is 471 g/mol. The molecule has 2 heterocycles. The average Bonchev–Trinajstić information content (AvgIpc) is 3.38.